The summed E-state index contributed by atoms with van der Waals surface area (Å²) in [6.45, 7) is 2.41. The first-order valence-corrected chi connectivity index (χ1v) is 10.9. The summed E-state index contributed by atoms with van der Waals surface area (Å²) in [4.78, 5) is 14.3. The Kier molecular flexibility index (Phi) is 6.71. The van der Waals surface area contributed by atoms with Gasteiger partial charge >= 0.3 is 0 Å². The average Bonchev–Trinajstić information content (AvgIpc) is 2.74. The van der Waals surface area contributed by atoms with Crippen molar-refractivity contribution in [3.05, 3.63) is 58.9 Å². The van der Waals surface area contributed by atoms with Crippen LogP contribution in [0.5, 0.6) is 0 Å². The monoisotopic (exact) mass is 461 g/mol. The van der Waals surface area contributed by atoms with Gasteiger partial charge in [0.05, 0.1) is 16.6 Å². The zero-order valence-corrected chi connectivity index (χ0v) is 17.5. The van der Waals surface area contributed by atoms with Crippen LogP contribution >= 0.6 is 11.6 Å². The van der Waals surface area contributed by atoms with Gasteiger partial charge in [-0.3, -0.25) is 9.69 Å². The molecule has 162 valence electrons. The molecule has 2 aromatic rings. The van der Waals surface area contributed by atoms with Crippen LogP contribution in [0, 0.1) is 17.5 Å². The van der Waals surface area contributed by atoms with Crippen LogP contribution in [0.4, 0.5) is 18.9 Å². The molecule has 1 fully saturated rings. The maximum absolute atomic E-state index is 13.8. The highest BCUT2D eigenvalue weighted by molar-refractivity contribution is 7.89. The molecule has 1 aliphatic heterocycles. The Morgan fingerprint density at radius 3 is 2.20 bits per heavy atom. The molecule has 0 saturated carbocycles. The first kappa shape index (κ1) is 22.5. The number of carbonyl (C=O) groups excluding carboxylic acids is 1. The van der Waals surface area contributed by atoms with Crippen molar-refractivity contribution in [2.24, 2.45) is 0 Å². The normalized spacial score (nSPS) is 17.0. The van der Waals surface area contributed by atoms with Gasteiger partial charge in [-0.1, -0.05) is 11.6 Å². The summed E-state index contributed by atoms with van der Waals surface area (Å²) in [6.07, 6.45) is 0. The summed E-state index contributed by atoms with van der Waals surface area (Å²) in [6, 6.07) is 6.77. The van der Waals surface area contributed by atoms with Gasteiger partial charge in [-0.2, -0.15) is 4.31 Å². The minimum Gasteiger partial charge on any atom is -0.322 e. The maximum Gasteiger partial charge on any atom is 0.243 e. The van der Waals surface area contributed by atoms with Crippen LogP contribution in [0.1, 0.15) is 6.92 Å². The zero-order valence-electron chi connectivity index (χ0n) is 15.9. The summed E-state index contributed by atoms with van der Waals surface area (Å²) >= 11 is 5.80. The minimum atomic E-state index is -3.69. The molecule has 2 aromatic carbocycles. The summed E-state index contributed by atoms with van der Waals surface area (Å²) < 4.78 is 66.9. The Hall–Kier alpha value is -2.14. The van der Waals surface area contributed by atoms with Gasteiger partial charge in [0.25, 0.3) is 0 Å². The second-order valence-corrected chi connectivity index (χ2v) is 9.16. The number of nitrogens with one attached hydrogen (secondary N) is 1. The third-order valence-electron chi connectivity index (χ3n) is 4.94. The Bertz CT molecular complexity index is 1040. The third-order valence-corrected chi connectivity index (χ3v) is 7.11. The highest BCUT2D eigenvalue weighted by Gasteiger charge is 2.32. The van der Waals surface area contributed by atoms with E-state index in [-0.39, 0.29) is 31.1 Å². The number of hydrogen-bond donors (Lipinski definition) is 1. The van der Waals surface area contributed by atoms with Gasteiger partial charge in [-0.25, -0.2) is 21.6 Å². The molecule has 30 heavy (non-hydrogen) atoms. The number of carbonyl (C=O) groups is 1. The Labute approximate surface area is 177 Å². The maximum atomic E-state index is 13.8. The fourth-order valence-electron chi connectivity index (χ4n) is 3.11. The molecule has 1 aliphatic rings. The summed E-state index contributed by atoms with van der Waals surface area (Å²) in [5.74, 6) is -5.11. The van der Waals surface area contributed by atoms with E-state index in [1.165, 1.54) is 28.6 Å². The number of anilines is 1. The van der Waals surface area contributed by atoms with Crippen molar-refractivity contribution in [3.8, 4) is 0 Å². The molecule has 3 rings (SSSR count). The van der Waals surface area contributed by atoms with E-state index in [1.54, 1.807) is 11.8 Å². The van der Waals surface area contributed by atoms with Gasteiger partial charge in [0.1, 0.15) is 0 Å². The van der Waals surface area contributed by atoms with Gasteiger partial charge in [0, 0.05) is 31.2 Å². The van der Waals surface area contributed by atoms with Crippen LogP contribution in [-0.2, 0) is 14.8 Å². The zero-order chi connectivity index (χ0) is 22.1. The van der Waals surface area contributed by atoms with Gasteiger partial charge in [-0.05, 0) is 43.3 Å². The second-order valence-electron chi connectivity index (χ2n) is 6.78. The number of nitrogens with zero attached hydrogens (tertiary/aromatic N) is 2. The van der Waals surface area contributed by atoms with E-state index in [2.05, 4.69) is 5.32 Å². The summed E-state index contributed by atoms with van der Waals surface area (Å²) in [5.41, 5.74) is -0.463. The van der Waals surface area contributed by atoms with Crippen LogP contribution in [-0.4, -0.2) is 55.8 Å². The highest BCUT2D eigenvalue weighted by Crippen LogP contribution is 2.22. The van der Waals surface area contributed by atoms with Crippen molar-refractivity contribution in [2.45, 2.75) is 17.9 Å². The van der Waals surface area contributed by atoms with E-state index in [1.807, 2.05) is 0 Å². The van der Waals surface area contributed by atoms with E-state index < -0.39 is 45.1 Å². The lowest BCUT2D eigenvalue weighted by molar-refractivity contribution is -0.121. The van der Waals surface area contributed by atoms with Crippen molar-refractivity contribution in [3.63, 3.8) is 0 Å². The van der Waals surface area contributed by atoms with Crippen molar-refractivity contribution in [1.82, 2.24) is 9.21 Å². The van der Waals surface area contributed by atoms with Gasteiger partial charge in [0.15, 0.2) is 17.5 Å². The smallest absolute Gasteiger partial charge is 0.243 e. The number of piperazine rings is 1. The van der Waals surface area contributed by atoms with Crippen LogP contribution < -0.4 is 5.32 Å². The molecule has 1 saturated heterocycles. The van der Waals surface area contributed by atoms with E-state index in [9.17, 15) is 26.4 Å². The molecule has 0 aliphatic carbocycles. The van der Waals surface area contributed by atoms with Crippen LogP contribution in [0.25, 0.3) is 0 Å². The van der Waals surface area contributed by atoms with E-state index >= 15 is 0 Å². The number of amides is 1. The van der Waals surface area contributed by atoms with Crippen molar-refractivity contribution in [1.29, 1.82) is 0 Å². The van der Waals surface area contributed by atoms with Crippen LogP contribution in [0.2, 0.25) is 5.02 Å². The third kappa shape index (κ3) is 4.61. The molecule has 11 heteroatoms. The predicted molar refractivity (Wildman–Crippen MR) is 106 cm³/mol. The summed E-state index contributed by atoms with van der Waals surface area (Å²) in [7, 11) is -3.69. The van der Waals surface area contributed by atoms with Crippen LogP contribution in [0.15, 0.2) is 41.3 Å². The van der Waals surface area contributed by atoms with Crippen molar-refractivity contribution >= 4 is 33.2 Å². The lowest BCUT2D eigenvalue weighted by Crippen LogP contribution is -2.53. The van der Waals surface area contributed by atoms with Crippen molar-refractivity contribution in [2.75, 3.05) is 31.5 Å². The molecule has 1 N–H and O–H groups in total. The topological polar surface area (TPSA) is 69.7 Å². The second kappa shape index (κ2) is 8.93. The molecule has 0 spiro atoms. The van der Waals surface area contributed by atoms with E-state index in [0.29, 0.717) is 5.02 Å². The first-order chi connectivity index (χ1) is 14.1. The fraction of sp³-hybridized carbons (Fsp3) is 0.316. The number of hydrogen-bond acceptors (Lipinski definition) is 4. The van der Waals surface area contributed by atoms with E-state index in [4.69, 9.17) is 11.6 Å². The van der Waals surface area contributed by atoms with Gasteiger partial charge < -0.3 is 5.32 Å². The number of rotatable bonds is 5. The average molecular weight is 462 g/mol. The summed E-state index contributed by atoms with van der Waals surface area (Å²) in [5, 5.41) is 2.67. The fourth-order valence-corrected chi connectivity index (χ4v) is 4.66. The Morgan fingerprint density at radius 2 is 1.60 bits per heavy atom. The molecule has 0 bridgehead atoms. The number of halogens is 4. The molecule has 0 aromatic heterocycles. The first-order valence-electron chi connectivity index (χ1n) is 9.05. The molecular weight excluding hydrogens is 443 g/mol. The Morgan fingerprint density at radius 1 is 1.00 bits per heavy atom. The quantitative estimate of drug-likeness (QED) is 0.695. The molecular formula is C19H19ClF3N3O3S. The SMILES string of the molecule is CC(C(=O)Nc1ccc(F)c(F)c1F)N1CCN(S(=O)(=O)c2ccc(Cl)cc2)CC1. The number of benzene rings is 2. The van der Waals surface area contributed by atoms with Crippen molar-refractivity contribution < 1.29 is 26.4 Å². The van der Waals surface area contributed by atoms with Gasteiger partial charge in [-0.15, -0.1) is 0 Å². The largest absolute Gasteiger partial charge is 0.322 e. The molecule has 1 amide bonds. The molecule has 1 atom stereocenters. The predicted octanol–water partition coefficient (Wildman–Crippen LogP) is 3.09. The van der Waals surface area contributed by atoms with Crippen LogP contribution in [0.3, 0.4) is 0 Å². The number of sulfonamides is 1. The standard InChI is InChI=1S/C19H19ClF3N3O3S/c1-12(19(27)24-16-7-6-15(21)17(22)18(16)23)25-8-10-26(11-9-25)30(28,29)14-4-2-13(20)3-5-14/h2-7,12H,8-11H2,1H3,(H,24,27). The Balaban J connectivity index is 1.62. The minimum absolute atomic E-state index is 0.125. The molecule has 1 heterocycles. The van der Waals surface area contributed by atoms with E-state index in [0.717, 1.165) is 12.1 Å². The lowest BCUT2D eigenvalue weighted by atomic mass is 10.2. The molecule has 6 nitrogen and oxygen atoms in total. The lowest BCUT2D eigenvalue weighted by Gasteiger charge is -2.36. The van der Waals surface area contributed by atoms with Gasteiger partial charge in [0.2, 0.25) is 15.9 Å². The molecule has 1 unspecified atom stereocenters. The highest BCUT2D eigenvalue weighted by atomic mass is 35.5. The molecule has 0 radical (unpaired) electrons.